The summed E-state index contributed by atoms with van der Waals surface area (Å²) in [5, 5.41) is 43.4. The van der Waals surface area contributed by atoms with Gasteiger partial charge in [0.05, 0.1) is 15.9 Å². The maximum absolute atomic E-state index is 12.7. The second kappa shape index (κ2) is 8.24. The topological polar surface area (TPSA) is 176 Å². The van der Waals surface area contributed by atoms with E-state index in [0.717, 1.165) is 18.2 Å². The molecule has 2 aromatic rings. The normalized spacial score (nSPS) is 19.3. The van der Waals surface area contributed by atoms with Gasteiger partial charge < -0.3 is 10.2 Å². The fourth-order valence-corrected chi connectivity index (χ4v) is 5.11. The quantitative estimate of drug-likeness (QED) is 0.512. The molecule has 0 bridgehead atoms. The van der Waals surface area contributed by atoms with Crippen LogP contribution < -0.4 is 9.83 Å². The Bertz CT molecular complexity index is 1090. The Kier molecular flexibility index (Phi) is 5.89. The highest BCUT2D eigenvalue weighted by atomic mass is 32.2. The molecule has 0 spiro atoms. The Morgan fingerprint density at radius 2 is 1.63 bits per heavy atom. The summed E-state index contributed by atoms with van der Waals surface area (Å²) in [5.74, 6) is -0.469. The summed E-state index contributed by atoms with van der Waals surface area (Å²) < 4.78 is 27.8. The molecule has 11 nitrogen and oxygen atoms in total. The zero-order chi connectivity index (χ0) is 22.1. The van der Waals surface area contributed by atoms with Crippen LogP contribution in [0.4, 0.5) is 11.4 Å². The van der Waals surface area contributed by atoms with Gasteiger partial charge in [0, 0.05) is 12.1 Å². The second-order valence-corrected chi connectivity index (χ2v) is 8.74. The molecule has 1 aliphatic rings. The second-order valence-electron chi connectivity index (χ2n) is 7.06. The van der Waals surface area contributed by atoms with Crippen molar-refractivity contribution in [1.82, 2.24) is 4.72 Å². The largest absolute Gasteiger partial charge is 0.872 e. The molecule has 0 atom stereocenters. The number of nitrogens with zero attached hydrogens (tertiary/aromatic N) is 2. The van der Waals surface area contributed by atoms with Gasteiger partial charge >= 0.3 is 0 Å². The summed E-state index contributed by atoms with van der Waals surface area (Å²) in [4.78, 5) is 19.6. The molecule has 0 radical (unpaired) electrons. The number of rotatable bonds is 6. The number of phenols is 1. The maximum Gasteiger partial charge on any atom is 0.296 e. The Labute approximate surface area is 171 Å². The lowest BCUT2D eigenvalue weighted by atomic mass is 9.81. The number of nitro benzene ring substituents is 2. The van der Waals surface area contributed by atoms with E-state index in [1.807, 2.05) is 0 Å². The van der Waals surface area contributed by atoms with E-state index in [4.69, 9.17) is 0 Å². The van der Waals surface area contributed by atoms with E-state index in [0.29, 0.717) is 37.3 Å². The Morgan fingerprint density at radius 1 is 0.967 bits per heavy atom. The van der Waals surface area contributed by atoms with Crippen molar-refractivity contribution in [3.63, 3.8) is 0 Å². The molecule has 0 unspecified atom stereocenters. The number of aromatic hydroxyl groups is 1. The van der Waals surface area contributed by atoms with Crippen molar-refractivity contribution in [3.8, 4) is 11.5 Å². The summed E-state index contributed by atoms with van der Waals surface area (Å²) >= 11 is 0. The molecule has 160 valence electrons. The molecular weight excluding hydrogens is 418 g/mol. The van der Waals surface area contributed by atoms with Crippen LogP contribution in [0.2, 0.25) is 0 Å². The summed E-state index contributed by atoms with van der Waals surface area (Å²) in [7, 11) is -4.28. The summed E-state index contributed by atoms with van der Waals surface area (Å²) in [5.41, 5.74) is -0.894. The van der Waals surface area contributed by atoms with Crippen LogP contribution in [0.1, 0.15) is 37.2 Å². The zero-order valence-electron chi connectivity index (χ0n) is 15.6. The lowest BCUT2D eigenvalue weighted by Gasteiger charge is -2.31. The van der Waals surface area contributed by atoms with Crippen LogP contribution in [0.5, 0.6) is 11.5 Å². The number of sulfonamides is 1. The minimum absolute atomic E-state index is 0.0763. The predicted octanol–water partition coefficient (Wildman–Crippen LogP) is 2.29. The van der Waals surface area contributed by atoms with Gasteiger partial charge in [-0.3, -0.25) is 20.2 Å². The van der Waals surface area contributed by atoms with Crippen molar-refractivity contribution < 1.29 is 28.5 Å². The average Bonchev–Trinajstić information content (AvgIpc) is 2.68. The number of benzene rings is 2. The van der Waals surface area contributed by atoms with Crippen LogP contribution in [0, 0.1) is 20.2 Å². The van der Waals surface area contributed by atoms with Crippen LogP contribution in [-0.4, -0.2) is 29.4 Å². The molecular formula is C18H18N3O8S-. The van der Waals surface area contributed by atoms with Gasteiger partial charge in [-0.25, -0.2) is 13.1 Å². The first-order valence-electron chi connectivity index (χ1n) is 9.03. The fourth-order valence-electron chi connectivity index (χ4n) is 3.65. The SMILES string of the molecule is O=[N+]([O-])c1ccc(S(=O)(=O)NC2CCC(c3ccc(O)cc3[O-])CC2)c([N+](=O)[O-])c1. The first kappa shape index (κ1) is 21.5. The first-order valence-corrected chi connectivity index (χ1v) is 10.5. The lowest BCUT2D eigenvalue weighted by Crippen LogP contribution is -2.37. The van der Waals surface area contributed by atoms with Crippen LogP contribution in [0.3, 0.4) is 0 Å². The Hall–Kier alpha value is -3.25. The highest BCUT2D eigenvalue weighted by Gasteiger charge is 2.32. The third-order valence-corrected chi connectivity index (χ3v) is 6.69. The minimum atomic E-state index is -4.28. The summed E-state index contributed by atoms with van der Waals surface area (Å²) in [6.07, 6.45) is 1.86. The predicted molar refractivity (Wildman–Crippen MR) is 103 cm³/mol. The van der Waals surface area contributed by atoms with E-state index < -0.39 is 42.2 Å². The Morgan fingerprint density at radius 3 is 2.20 bits per heavy atom. The molecule has 2 N–H and O–H groups in total. The highest BCUT2D eigenvalue weighted by Crippen LogP contribution is 2.38. The standard InChI is InChI=1S/C18H19N3O8S/c22-14-6-7-15(17(23)10-14)11-1-3-12(4-2-11)19-30(28,29)18-8-5-13(20(24)25)9-16(18)21(26)27/h5-12,19,22-23H,1-4H2/p-1. The molecule has 0 aromatic heterocycles. The minimum Gasteiger partial charge on any atom is -0.872 e. The molecule has 30 heavy (non-hydrogen) atoms. The summed E-state index contributed by atoms with van der Waals surface area (Å²) in [6, 6.07) is 6.01. The third kappa shape index (κ3) is 4.49. The van der Waals surface area contributed by atoms with E-state index in [1.54, 1.807) is 6.07 Å². The van der Waals surface area contributed by atoms with Crippen molar-refractivity contribution in [2.45, 2.75) is 42.5 Å². The van der Waals surface area contributed by atoms with Gasteiger partial charge in [0.25, 0.3) is 11.4 Å². The zero-order valence-corrected chi connectivity index (χ0v) is 16.4. The lowest BCUT2D eigenvalue weighted by molar-refractivity contribution is -0.396. The fraction of sp³-hybridized carbons (Fsp3) is 0.333. The van der Waals surface area contributed by atoms with Gasteiger partial charge in [-0.1, -0.05) is 11.6 Å². The van der Waals surface area contributed by atoms with E-state index in [-0.39, 0.29) is 17.4 Å². The van der Waals surface area contributed by atoms with Gasteiger partial charge in [-0.15, -0.1) is 5.75 Å². The van der Waals surface area contributed by atoms with Gasteiger partial charge in [0.1, 0.15) is 5.75 Å². The van der Waals surface area contributed by atoms with E-state index in [1.165, 1.54) is 6.07 Å². The van der Waals surface area contributed by atoms with E-state index in [9.17, 15) is 38.9 Å². The van der Waals surface area contributed by atoms with Crippen LogP contribution in [0.25, 0.3) is 0 Å². The number of nitrogens with one attached hydrogen (secondary N) is 1. The van der Waals surface area contributed by atoms with Gasteiger partial charge in [-0.2, -0.15) is 0 Å². The molecule has 0 heterocycles. The molecule has 3 rings (SSSR count). The van der Waals surface area contributed by atoms with Crippen LogP contribution in [-0.2, 0) is 10.0 Å². The number of nitro groups is 2. The third-order valence-electron chi connectivity index (χ3n) is 5.13. The number of hydrogen-bond donors (Lipinski definition) is 2. The highest BCUT2D eigenvalue weighted by molar-refractivity contribution is 7.89. The van der Waals surface area contributed by atoms with Crippen molar-refractivity contribution in [2.75, 3.05) is 0 Å². The molecule has 1 saturated carbocycles. The van der Waals surface area contributed by atoms with Crippen LogP contribution in [0.15, 0.2) is 41.3 Å². The van der Waals surface area contributed by atoms with Gasteiger partial charge in [0.15, 0.2) is 4.90 Å². The van der Waals surface area contributed by atoms with Crippen molar-refractivity contribution in [3.05, 3.63) is 62.2 Å². The molecule has 12 heteroatoms. The Balaban J connectivity index is 1.74. The van der Waals surface area contributed by atoms with E-state index in [2.05, 4.69) is 4.72 Å². The number of non-ortho nitro benzene ring substituents is 1. The number of hydrogen-bond acceptors (Lipinski definition) is 8. The first-order chi connectivity index (χ1) is 14.1. The molecule has 1 aliphatic carbocycles. The maximum atomic E-state index is 12.7. The smallest absolute Gasteiger partial charge is 0.296 e. The van der Waals surface area contributed by atoms with Crippen molar-refractivity contribution >= 4 is 21.4 Å². The molecule has 1 fully saturated rings. The molecule has 0 aliphatic heterocycles. The molecule has 0 amide bonds. The monoisotopic (exact) mass is 436 g/mol. The van der Waals surface area contributed by atoms with Gasteiger partial charge in [0.2, 0.25) is 10.0 Å². The van der Waals surface area contributed by atoms with Gasteiger partial charge in [-0.05, 0) is 49.8 Å². The van der Waals surface area contributed by atoms with Crippen molar-refractivity contribution in [2.24, 2.45) is 0 Å². The van der Waals surface area contributed by atoms with Crippen LogP contribution >= 0.6 is 0 Å². The number of phenolic OH excluding ortho intramolecular Hbond substituents is 1. The molecule has 0 saturated heterocycles. The molecule has 2 aromatic carbocycles. The average molecular weight is 436 g/mol. The van der Waals surface area contributed by atoms with E-state index >= 15 is 0 Å². The summed E-state index contributed by atoms with van der Waals surface area (Å²) in [6.45, 7) is 0. The van der Waals surface area contributed by atoms with Crippen molar-refractivity contribution in [1.29, 1.82) is 0 Å².